The number of nitrogens with zero attached hydrogens (tertiary/aromatic N) is 1. The summed E-state index contributed by atoms with van der Waals surface area (Å²) in [6.45, 7) is 2.02. The van der Waals surface area contributed by atoms with Crippen LogP contribution in [0.3, 0.4) is 0 Å². The Morgan fingerprint density at radius 2 is 2.29 bits per heavy atom. The van der Waals surface area contributed by atoms with Crippen LogP contribution in [0.15, 0.2) is 0 Å². The smallest absolute Gasteiger partial charge is 0.225 e. The Kier molecular flexibility index (Phi) is 4.36. The van der Waals surface area contributed by atoms with E-state index in [1.54, 1.807) is 11.9 Å². The topological polar surface area (TPSA) is 61.8 Å². The second-order valence-corrected chi connectivity index (χ2v) is 4.99. The molecule has 0 radical (unpaired) electrons. The van der Waals surface area contributed by atoms with Crippen LogP contribution < -0.4 is 5.32 Å². The minimum atomic E-state index is -0.448. The van der Waals surface area contributed by atoms with Crippen molar-refractivity contribution >= 4 is 5.91 Å². The molecule has 0 spiro atoms. The molecule has 2 saturated heterocycles. The van der Waals surface area contributed by atoms with E-state index in [1.165, 1.54) is 0 Å². The summed E-state index contributed by atoms with van der Waals surface area (Å²) in [4.78, 5) is 13.7. The Hall–Kier alpha value is -0.650. The molecular formula is C12H22N2O3. The van der Waals surface area contributed by atoms with Gasteiger partial charge in [0.2, 0.25) is 5.91 Å². The Labute approximate surface area is 102 Å². The van der Waals surface area contributed by atoms with Gasteiger partial charge in [-0.25, -0.2) is 0 Å². The van der Waals surface area contributed by atoms with Crippen LogP contribution in [0.1, 0.15) is 25.7 Å². The summed E-state index contributed by atoms with van der Waals surface area (Å²) >= 11 is 0. The number of carbonyl (C=O) groups excluding carboxylic acids is 1. The standard InChI is InChI=1S/C12H22N2O3/c1-14(10-7-13-8-11(10)15)12(16)6-9-4-2-3-5-17-9/h9-11,13,15H,2-8H2,1H3/t9?,10-,11-/m0/s1. The fourth-order valence-corrected chi connectivity index (χ4v) is 2.54. The number of β-amino-alcohol motifs (C(OH)–C–C–N with tert-alkyl or cyclic N) is 1. The maximum atomic E-state index is 12.1. The lowest BCUT2D eigenvalue weighted by Crippen LogP contribution is -2.45. The molecule has 2 aliphatic heterocycles. The quantitative estimate of drug-likeness (QED) is 0.715. The fraction of sp³-hybridized carbons (Fsp3) is 0.917. The molecule has 0 aromatic carbocycles. The number of rotatable bonds is 3. The predicted molar refractivity (Wildman–Crippen MR) is 63.6 cm³/mol. The highest BCUT2D eigenvalue weighted by Gasteiger charge is 2.32. The van der Waals surface area contributed by atoms with Gasteiger partial charge in [0.25, 0.3) is 0 Å². The number of ether oxygens (including phenoxy) is 1. The van der Waals surface area contributed by atoms with Crippen LogP contribution in [0, 0.1) is 0 Å². The van der Waals surface area contributed by atoms with Gasteiger partial charge in [-0.2, -0.15) is 0 Å². The molecule has 0 aliphatic carbocycles. The first kappa shape index (κ1) is 12.8. The molecule has 0 aromatic heterocycles. The van der Waals surface area contributed by atoms with E-state index >= 15 is 0 Å². The zero-order chi connectivity index (χ0) is 12.3. The van der Waals surface area contributed by atoms with E-state index in [0.717, 1.165) is 25.9 Å². The highest BCUT2D eigenvalue weighted by Crippen LogP contribution is 2.17. The molecule has 17 heavy (non-hydrogen) atoms. The minimum absolute atomic E-state index is 0.0737. The van der Waals surface area contributed by atoms with E-state index in [4.69, 9.17) is 4.74 Å². The van der Waals surface area contributed by atoms with E-state index in [0.29, 0.717) is 19.5 Å². The molecule has 2 aliphatic rings. The van der Waals surface area contributed by atoms with Crippen LogP contribution >= 0.6 is 0 Å². The van der Waals surface area contributed by atoms with E-state index in [2.05, 4.69) is 5.32 Å². The Morgan fingerprint density at radius 1 is 1.47 bits per heavy atom. The number of amides is 1. The van der Waals surface area contributed by atoms with Crippen molar-refractivity contribution in [2.24, 2.45) is 0 Å². The maximum Gasteiger partial charge on any atom is 0.225 e. The first-order valence-electron chi connectivity index (χ1n) is 6.44. The molecule has 5 heteroatoms. The Balaban J connectivity index is 1.81. The summed E-state index contributed by atoms with van der Waals surface area (Å²) in [5.41, 5.74) is 0. The van der Waals surface area contributed by atoms with E-state index in [-0.39, 0.29) is 18.1 Å². The number of aliphatic hydroxyl groups excluding tert-OH is 1. The zero-order valence-corrected chi connectivity index (χ0v) is 10.4. The second kappa shape index (κ2) is 5.80. The number of hydrogen-bond donors (Lipinski definition) is 2. The summed E-state index contributed by atoms with van der Waals surface area (Å²) in [6.07, 6.45) is 3.30. The summed E-state index contributed by atoms with van der Waals surface area (Å²) in [5, 5.41) is 12.8. The van der Waals surface area contributed by atoms with Crippen LogP contribution in [-0.2, 0) is 9.53 Å². The van der Waals surface area contributed by atoms with Crippen molar-refractivity contribution in [1.29, 1.82) is 0 Å². The van der Waals surface area contributed by atoms with Gasteiger partial charge in [0.05, 0.1) is 24.7 Å². The third-order valence-electron chi connectivity index (χ3n) is 3.72. The van der Waals surface area contributed by atoms with Crippen LogP contribution in [-0.4, -0.2) is 60.9 Å². The van der Waals surface area contributed by atoms with Crippen LogP contribution in [0.25, 0.3) is 0 Å². The molecule has 1 unspecified atom stereocenters. The highest BCUT2D eigenvalue weighted by atomic mass is 16.5. The van der Waals surface area contributed by atoms with Gasteiger partial charge in [0, 0.05) is 26.7 Å². The van der Waals surface area contributed by atoms with Crippen molar-refractivity contribution in [2.75, 3.05) is 26.7 Å². The van der Waals surface area contributed by atoms with Crippen molar-refractivity contribution in [3.8, 4) is 0 Å². The van der Waals surface area contributed by atoms with Gasteiger partial charge < -0.3 is 20.1 Å². The molecule has 2 fully saturated rings. The third-order valence-corrected chi connectivity index (χ3v) is 3.72. The maximum absolute atomic E-state index is 12.1. The van der Waals surface area contributed by atoms with Gasteiger partial charge in [0.1, 0.15) is 0 Å². The van der Waals surface area contributed by atoms with Crippen molar-refractivity contribution in [1.82, 2.24) is 10.2 Å². The summed E-state index contributed by atoms with van der Waals surface area (Å²) in [7, 11) is 1.77. The van der Waals surface area contributed by atoms with E-state index < -0.39 is 6.10 Å². The van der Waals surface area contributed by atoms with Gasteiger partial charge in [-0.05, 0) is 19.3 Å². The lowest BCUT2D eigenvalue weighted by molar-refractivity contribution is -0.137. The second-order valence-electron chi connectivity index (χ2n) is 4.99. The highest BCUT2D eigenvalue weighted by molar-refractivity contribution is 5.77. The molecule has 2 rings (SSSR count). The molecule has 0 aromatic rings. The SMILES string of the molecule is CN(C(=O)CC1CCCCO1)[C@H]1CNC[C@@H]1O. The van der Waals surface area contributed by atoms with Gasteiger partial charge in [0.15, 0.2) is 0 Å². The monoisotopic (exact) mass is 242 g/mol. The number of carbonyl (C=O) groups is 1. The average Bonchev–Trinajstić information content (AvgIpc) is 2.76. The number of likely N-dealkylation sites (N-methyl/N-ethyl adjacent to an activating group) is 1. The fourth-order valence-electron chi connectivity index (χ4n) is 2.54. The van der Waals surface area contributed by atoms with Crippen molar-refractivity contribution < 1.29 is 14.6 Å². The van der Waals surface area contributed by atoms with Crippen LogP contribution in [0.4, 0.5) is 0 Å². The molecule has 0 bridgehead atoms. The van der Waals surface area contributed by atoms with Crippen molar-refractivity contribution in [3.63, 3.8) is 0 Å². The van der Waals surface area contributed by atoms with Crippen LogP contribution in [0.2, 0.25) is 0 Å². The lowest BCUT2D eigenvalue weighted by Gasteiger charge is -2.29. The van der Waals surface area contributed by atoms with Gasteiger partial charge in [-0.15, -0.1) is 0 Å². The number of aliphatic hydroxyl groups is 1. The molecule has 2 heterocycles. The Bertz CT molecular complexity index is 266. The van der Waals surface area contributed by atoms with Crippen LogP contribution in [0.5, 0.6) is 0 Å². The largest absolute Gasteiger partial charge is 0.390 e. The number of nitrogens with one attached hydrogen (secondary N) is 1. The summed E-state index contributed by atoms with van der Waals surface area (Å²) in [6, 6.07) is -0.0916. The molecule has 2 N–H and O–H groups in total. The molecule has 98 valence electrons. The summed E-state index contributed by atoms with van der Waals surface area (Å²) < 4.78 is 5.56. The van der Waals surface area contributed by atoms with E-state index in [9.17, 15) is 9.90 Å². The zero-order valence-electron chi connectivity index (χ0n) is 10.4. The number of hydrogen-bond acceptors (Lipinski definition) is 4. The first-order valence-corrected chi connectivity index (χ1v) is 6.44. The van der Waals surface area contributed by atoms with Gasteiger partial charge >= 0.3 is 0 Å². The Morgan fingerprint density at radius 3 is 2.88 bits per heavy atom. The molecule has 5 nitrogen and oxygen atoms in total. The van der Waals surface area contributed by atoms with Gasteiger partial charge in [-0.3, -0.25) is 4.79 Å². The van der Waals surface area contributed by atoms with E-state index in [1.807, 2.05) is 0 Å². The third kappa shape index (κ3) is 3.18. The predicted octanol–water partition coefficient (Wildman–Crippen LogP) is -0.263. The van der Waals surface area contributed by atoms with Crippen molar-refractivity contribution in [3.05, 3.63) is 0 Å². The first-order chi connectivity index (χ1) is 8.18. The average molecular weight is 242 g/mol. The molecule has 0 saturated carbocycles. The normalized spacial score (nSPS) is 33.6. The molecule has 1 amide bonds. The molecular weight excluding hydrogens is 220 g/mol. The van der Waals surface area contributed by atoms with Crippen molar-refractivity contribution in [2.45, 2.75) is 43.9 Å². The summed E-state index contributed by atoms with van der Waals surface area (Å²) in [5.74, 6) is 0.0737. The van der Waals surface area contributed by atoms with Gasteiger partial charge in [-0.1, -0.05) is 0 Å². The molecule has 3 atom stereocenters. The lowest BCUT2D eigenvalue weighted by atomic mass is 10.1. The minimum Gasteiger partial charge on any atom is -0.390 e.